The molecule has 0 amide bonds. The van der Waals surface area contributed by atoms with Crippen molar-refractivity contribution in [2.24, 2.45) is 0 Å². The van der Waals surface area contributed by atoms with Crippen LogP contribution in [0.3, 0.4) is 0 Å². The van der Waals surface area contributed by atoms with Gasteiger partial charge in [0, 0.05) is 0 Å². The Hall–Kier alpha value is 0.0223. The molecule has 0 rings (SSSR count). The Bertz CT molecular complexity index is 163. The first-order chi connectivity index (χ1) is 5.58. The fourth-order valence-corrected chi connectivity index (χ4v) is 0.763. The summed E-state index contributed by atoms with van der Waals surface area (Å²) >= 11 is -4.21. The van der Waals surface area contributed by atoms with Gasteiger partial charge < -0.3 is 11.8 Å². The summed E-state index contributed by atoms with van der Waals surface area (Å²) in [4.78, 5) is 2.37. The van der Waals surface area contributed by atoms with Crippen molar-refractivity contribution in [2.45, 2.75) is 20.3 Å². The molecule has 0 aromatic heterocycles. The van der Waals surface area contributed by atoms with Crippen LogP contribution in [-0.2, 0) is 27.0 Å². The van der Waals surface area contributed by atoms with E-state index in [-0.39, 0.29) is 0 Å². The first-order valence-corrected chi connectivity index (χ1v) is 7.15. The Morgan fingerprint density at radius 2 is 1.50 bits per heavy atom. The van der Waals surface area contributed by atoms with E-state index in [1.54, 1.807) is 0 Å². The van der Waals surface area contributed by atoms with E-state index in [2.05, 4.69) is 25.7 Å². The molecule has 5 heteroatoms. The first kappa shape index (κ1) is 14.5. The summed E-state index contributed by atoms with van der Waals surface area (Å²) in [6.07, 6.45) is 1.03. The van der Waals surface area contributed by atoms with Gasteiger partial charge in [-0.1, -0.05) is 13.8 Å². The molecule has 0 aliphatic carbocycles. The van der Waals surface area contributed by atoms with E-state index in [1.807, 2.05) is 0 Å². The van der Waals surface area contributed by atoms with Crippen molar-refractivity contribution in [3.8, 4) is 0 Å². The van der Waals surface area contributed by atoms with Crippen molar-refractivity contribution < 1.29 is 27.0 Å². The van der Waals surface area contributed by atoms with E-state index >= 15 is 0 Å². The van der Waals surface area contributed by atoms with Gasteiger partial charge in [0.25, 0.3) is 0 Å². The van der Waals surface area contributed by atoms with Gasteiger partial charge in [0.15, 0.2) is 0 Å². The van der Waals surface area contributed by atoms with E-state index in [0.717, 1.165) is 26.1 Å². The normalized spacial score (nSPS) is 9.00. The minimum atomic E-state index is -4.21. The van der Waals surface area contributed by atoms with E-state index in [0.29, 0.717) is 0 Å². The monoisotopic (exact) mass is 349 g/mol. The summed E-state index contributed by atoms with van der Waals surface area (Å²) in [5, 5.41) is 0. The van der Waals surface area contributed by atoms with Crippen LogP contribution in [0.25, 0.3) is 0 Å². The average molecular weight is 348 g/mol. The Kier molecular flexibility index (Phi) is 13.4. The van der Waals surface area contributed by atoms with Crippen LogP contribution < -0.4 is 0 Å². The topological polar surface area (TPSA) is 54.5 Å². The Morgan fingerprint density at radius 1 is 1.17 bits per heavy atom. The van der Waals surface area contributed by atoms with E-state index in [9.17, 15) is 0 Å². The molecule has 0 spiro atoms. The van der Waals surface area contributed by atoms with Gasteiger partial charge in [-0.3, -0.25) is 0 Å². The Labute approximate surface area is 79.1 Å². The van der Waals surface area contributed by atoms with Crippen molar-refractivity contribution in [2.75, 3.05) is 19.6 Å². The first-order valence-electron chi connectivity index (χ1n) is 3.83. The van der Waals surface area contributed by atoms with Crippen molar-refractivity contribution in [3.63, 3.8) is 0 Å². The second-order valence-corrected chi connectivity index (χ2v) is 3.43. The number of hydrogen-bond acceptors (Lipinski definition) is 4. The molecule has 0 aromatic rings. The van der Waals surface area contributed by atoms with Crippen LogP contribution in [0.5, 0.6) is 0 Å². The summed E-state index contributed by atoms with van der Waals surface area (Å²) in [6, 6.07) is 0. The van der Waals surface area contributed by atoms with Gasteiger partial charge in [0.05, 0.1) is 0 Å². The van der Waals surface area contributed by atoms with E-state index in [4.69, 9.17) is 10.4 Å². The quantitative estimate of drug-likeness (QED) is 0.717. The zero-order chi connectivity index (χ0) is 9.98. The standard InChI is InChI=1S/C7H16N.3O.Re/c1-4-7-8(5-2)6-3;;;;/h1,4-7H2,2-3H3;;;;/q-1;;;;. The molecular weight excluding hydrogens is 332 g/mol. The predicted octanol–water partition coefficient (Wildman–Crippen LogP) is 1.19. The van der Waals surface area contributed by atoms with Gasteiger partial charge in [0.2, 0.25) is 0 Å². The fourth-order valence-electron chi connectivity index (χ4n) is 0.763. The third kappa shape index (κ3) is 16.5. The second-order valence-electron chi connectivity index (χ2n) is 2.07. The third-order valence-electron chi connectivity index (χ3n) is 1.37. The molecular formula is C7H16NO3Re-. The molecule has 0 radical (unpaired) electrons. The Balaban J connectivity index is 0. The van der Waals surface area contributed by atoms with Gasteiger partial charge in [-0.15, -0.1) is 0 Å². The van der Waals surface area contributed by atoms with Gasteiger partial charge in [0.1, 0.15) is 0 Å². The van der Waals surface area contributed by atoms with Crippen molar-refractivity contribution in [3.05, 3.63) is 6.92 Å². The van der Waals surface area contributed by atoms with Crippen LogP contribution in [0.2, 0.25) is 0 Å². The summed E-state index contributed by atoms with van der Waals surface area (Å²) in [6.45, 7) is 11.6. The van der Waals surface area contributed by atoms with E-state index in [1.165, 1.54) is 0 Å². The summed E-state index contributed by atoms with van der Waals surface area (Å²) in [5.74, 6) is 0. The zero-order valence-electron chi connectivity index (χ0n) is 7.59. The molecule has 0 atom stereocenters. The van der Waals surface area contributed by atoms with Crippen LogP contribution in [0.15, 0.2) is 0 Å². The minimum absolute atomic E-state index is 1.03. The third-order valence-corrected chi connectivity index (χ3v) is 1.37. The molecule has 75 valence electrons. The SMILES string of the molecule is [CH2-]CCN(CC)CC.[O]=[Re](=[O])=[O]. The van der Waals surface area contributed by atoms with Crippen LogP contribution in [-0.4, -0.2) is 24.5 Å². The number of hydrogen-bond donors (Lipinski definition) is 0. The van der Waals surface area contributed by atoms with Crippen molar-refractivity contribution >= 4 is 0 Å². The molecule has 0 bridgehead atoms. The van der Waals surface area contributed by atoms with Crippen LogP contribution in [0.1, 0.15) is 20.3 Å². The molecule has 0 saturated heterocycles. The summed E-state index contributed by atoms with van der Waals surface area (Å²) in [5.41, 5.74) is 0. The van der Waals surface area contributed by atoms with Gasteiger partial charge >= 0.3 is 27.0 Å². The number of nitrogens with zero attached hydrogens (tertiary/aromatic N) is 1. The molecule has 12 heavy (non-hydrogen) atoms. The summed E-state index contributed by atoms with van der Waals surface area (Å²) in [7, 11) is 0. The number of rotatable bonds is 4. The molecule has 0 aliphatic heterocycles. The maximum atomic E-state index is 8.60. The zero-order valence-corrected chi connectivity index (χ0v) is 10.3. The van der Waals surface area contributed by atoms with Gasteiger partial charge in [-0.2, -0.15) is 6.42 Å². The maximum absolute atomic E-state index is 8.60. The molecule has 0 N–H and O–H groups in total. The van der Waals surface area contributed by atoms with Gasteiger partial charge in [-0.25, -0.2) is 0 Å². The van der Waals surface area contributed by atoms with Crippen molar-refractivity contribution in [1.82, 2.24) is 4.90 Å². The molecule has 4 nitrogen and oxygen atoms in total. The van der Waals surface area contributed by atoms with Crippen LogP contribution >= 0.6 is 0 Å². The van der Waals surface area contributed by atoms with Gasteiger partial charge in [-0.05, 0) is 19.6 Å². The van der Waals surface area contributed by atoms with Crippen LogP contribution in [0, 0.1) is 6.92 Å². The molecule has 0 heterocycles. The molecule has 0 aliphatic rings. The summed E-state index contributed by atoms with van der Waals surface area (Å²) < 4.78 is 25.8. The molecule has 0 fully saturated rings. The predicted molar refractivity (Wildman–Crippen MR) is 39.8 cm³/mol. The molecule has 0 unspecified atom stereocenters. The van der Waals surface area contributed by atoms with Crippen LogP contribution in [0.4, 0.5) is 0 Å². The van der Waals surface area contributed by atoms with Crippen molar-refractivity contribution in [1.29, 1.82) is 0 Å². The fraction of sp³-hybridized carbons (Fsp3) is 0.857. The molecule has 0 saturated carbocycles. The van der Waals surface area contributed by atoms with E-state index < -0.39 is 16.6 Å². The Morgan fingerprint density at radius 3 is 1.58 bits per heavy atom. The molecule has 0 aromatic carbocycles. The second kappa shape index (κ2) is 11.0. The average Bonchev–Trinajstić information content (AvgIpc) is 1.99.